The number of halogens is 1. The first-order valence-corrected chi connectivity index (χ1v) is 8.45. The topological polar surface area (TPSA) is 54.0 Å². The van der Waals surface area contributed by atoms with Gasteiger partial charge in [0.05, 0.1) is 0 Å². The summed E-state index contributed by atoms with van der Waals surface area (Å²) in [5.74, 6) is 0.809. The standard InChI is InChI=1S/C21H14BrNO2/c1-14-7-9-18(19(22)11-14)20-10-8-17(25-20)12-16(13-23)21(24)15-5-3-2-4-6-15/h2-12H,1H3. The van der Waals surface area contributed by atoms with Crippen molar-refractivity contribution in [3.8, 4) is 17.4 Å². The number of nitriles is 1. The van der Waals surface area contributed by atoms with Gasteiger partial charge in [0.25, 0.3) is 0 Å². The van der Waals surface area contributed by atoms with E-state index in [9.17, 15) is 10.1 Å². The Kier molecular flexibility index (Phi) is 4.97. The summed E-state index contributed by atoms with van der Waals surface area (Å²) in [7, 11) is 0. The Morgan fingerprint density at radius 1 is 1.12 bits per heavy atom. The van der Waals surface area contributed by atoms with Crippen molar-refractivity contribution in [2.45, 2.75) is 6.92 Å². The van der Waals surface area contributed by atoms with Crippen LogP contribution in [0.5, 0.6) is 0 Å². The zero-order valence-electron chi connectivity index (χ0n) is 13.5. The minimum atomic E-state index is -0.322. The van der Waals surface area contributed by atoms with Gasteiger partial charge in [0.2, 0.25) is 5.78 Å². The SMILES string of the molecule is Cc1ccc(-c2ccc(C=C(C#N)C(=O)c3ccccc3)o2)c(Br)c1. The lowest BCUT2D eigenvalue weighted by atomic mass is 10.0. The van der Waals surface area contributed by atoms with E-state index < -0.39 is 0 Å². The summed E-state index contributed by atoms with van der Waals surface area (Å²) in [4.78, 5) is 12.4. The Morgan fingerprint density at radius 3 is 2.56 bits per heavy atom. The average Bonchev–Trinajstić information content (AvgIpc) is 3.08. The van der Waals surface area contributed by atoms with E-state index in [1.807, 2.05) is 43.3 Å². The van der Waals surface area contributed by atoms with Gasteiger partial charge in [-0.3, -0.25) is 4.79 Å². The molecule has 2 aromatic carbocycles. The number of Topliss-reactive ketones (excluding diaryl/α,β-unsaturated/α-hetero) is 1. The molecule has 0 N–H and O–H groups in total. The number of ketones is 1. The molecule has 0 bridgehead atoms. The summed E-state index contributed by atoms with van der Waals surface area (Å²) in [5, 5.41) is 9.33. The van der Waals surface area contributed by atoms with Crippen LogP contribution in [0.1, 0.15) is 21.7 Å². The summed E-state index contributed by atoms with van der Waals surface area (Å²) < 4.78 is 6.73. The van der Waals surface area contributed by atoms with Crippen LogP contribution in [0.15, 0.2) is 75.1 Å². The van der Waals surface area contributed by atoms with Crippen LogP contribution in [-0.4, -0.2) is 5.78 Å². The molecule has 3 aromatic rings. The van der Waals surface area contributed by atoms with Gasteiger partial charge in [0.1, 0.15) is 23.2 Å². The maximum Gasteiger partial charge on any atom is 0.203 e. The lowest BCUT2D eigenvalue weighted by Crippen LogP contribution is -2.01. The molecule has 0 unspecified atom stereocenters. The van der Waals surface area contributed by atoms with Crippen molar-refractivity contribution in [2.75, 3.05) is 0 Å². The molecule has 1 aromatic heterocycles. The van der Waals surface area contributed by atoms with E-state index in [1.54, 1.807) is 30.3 Å². The van der Waals surface area contributed by atoms with Crippen LogP contribution >= 0.6 is 15.9 Å². The Balaban J connectivity index is 1.92. The zero-order valence-corrected chi connectivity index (χ0v) is 15.1. The van der Waals surface area contributed by atoms with Gasteiger partial charge in [-0.15, -0.1) is 0 Å². The van der Waals surface area contributed by atoms with Crippen LogP contribution < -0.4 is 0 Å². The molecule has 122 valence electrons. The van der Waals surface area contributed by atoms with Crippen molar-refractivity contribution >= 4 is 27.8 Å². The molecule has 3 nitrogen and oxygen atoms in total. The zero-order chi connectivity index (χ0) is 17.8. The molecular weight excluding hydrogens is 378 g/mol. The number of carbonyl (C=O) groups is 1. The lowest BCUT2D eigenvalue weighted by Gasteiger charge is -2.02. The molecule has 0 fully saturated rings. The third-order valence-corrected chi connectivity index (χ3v) is 4.36. The molecule has 0 atom stereocenters. The van der Waals surface area contributed by atoms with Gasteiger partial charge in [0.15, 0.2) is 0 Å². The summed E-state index contributed by atoms with van der Waals surface area (Å²) in [5.41, 5.74) is 2.57. The molecule has 3 rings (SSSR count). The van der Waals surface area contributed by atoms with Gasteiger partial charge >= 0.3 is 0 Å². The third-order valence-electron chi connectivity index (χ3n) is 3.70. The van der Waals surface area contributed by atoms with Crippen molar-refractivity contribution in [3.05, 3.63) is 87.6 Å². The quantitative estimate of drug-likeness (QED) is 0.320. The maximum absolute atomic E-state index is 12.4. The maximum atomic E-state index is 12.4. The number of hydrogen-bond donors (Lipinski definition) is 0. The molecule has 4 heteroatoms. The monoisotopic (exact) mass is 391 g/mol. The summed E-state index contributed by atoms with van der Waals surface area (Å²) >= 11 is 3.53. The number of allylic oxidation sites excluding steroid dienone is 1. The molecule has 0 saturated carbocycles. The van der Waals surface area contributed by atoms with Crippen molar-refractivity contribution in [3.63, 3.8) is 0 Å². The lowest BCUT2D eigenvalue weighted by molar-refractivity contribution is 0.104. The summed E-state index contributed by atoms with van der Waals surface area (Å²) in [6.07, 6.45) is 1.47. The van der Waals surface area contributed by atoms with E-state index in [0.29, 0.717) is 17.1 Å². The second kappa shape index (κ2) is 7.33. The number of rotatable bonds is 4. The molecule has 0 amide bonds. The minimum absolute atomic E-state index is 0.0371. The van der Waals surface area contributed by atoms with Crippen molar-refractivity contribution in [1.82, 2.24) is 0 Å². The highest BCUT2D eigenvalue weighted by Gasteiger charge is 2.13. The van der Waals surface area contributed by atoms with Gasteiger partial charge in [-0.25, -0.2) is 0 Å². The van der Waals surface area contributed by atoms with Gasteiger partial charge in [-0.2, -0.15) is 5.26 Å². The van der Waals surface area contributed by atoms with E-state index in [4.69, 9.17) is 4.42 Å². The number of hydrogen-bond acceptors (Lipinski definition) is 3. The third kappa shape index (κ3) is 3.78. The van der Waals surface area contributed by atoms with Crippen LogP contribution in [0, 0.1) is 18.3 Å². The predicted molar refractivity (Wildman–Crippen MR) is 101 cm³/mol. The minimum Gasteiger partial charge on any atom is -0.457 e. The predicted octanol–water partition coefficient (Wildman–Crippen LogP) is 5.81. The first-order chi connectivity index (χ1) is 12.1. The first-order valence-electron chi connectivity index (χ1n) is 7.66. The van der Waals surface area contributed by atoms with Crippen molar-refractivity contribution < 1.29 is 9.21 Å². The van der Waals surface area contributed by atoms with Gasteiger partial charge < -0.3 is 4.42 Å². The van der Waals surface area contributed by atoms with E-state index >= 15 is 0 Å². The summed E-state index contributed by atoms with van der Waals surface area (Å²) in [6, 6.07) is 20.2. The van der Waals surface area contributed by atoms with E-state index in [2.05, 4.69) is 15.9 Å². The fourth-order valence-electron chi connectivity index (χ4n) is 2.43. The van der Waals surface area contributed by atoms with Crippen molar-refractivity contribution in [2.24, 2.45) is 0 Å². The molecule has 25 heavy (non-hydrogen) atoms. The molecule has 0 spiro atoms. The number of carbonyl (C=O) groups excluding carboxylic acids is 1. The Hall–Kier alpha value is -2.90. The second-order valence-corrected chi connectivity index (χ2v) is 6.40. The van der Waals surface area contributed by atoms with E-state index in [-0.39, 0.29) is 11.4 Å². The van der Waals surface area contributed by atoms with E-state index in [0.717, 1.165) is 15.6 Å². The Labute approximate surface area is 154 Å². The van der Waals surface area contributed by atoms with Gasteiger partial charge in [-0.05, 0) is 36.8 Å². The fraction of sp³-hybridized carbons (Fsp3) is 0.0476. The van der Waals surface area contributed by atoms with Gasteiger partial charge in [0, 0.05) is 21.7 Å². The highest BCUT2D eigenvalue weighted by atomic mass is 79.9. The molecule has 0 aliphatic carbocycles. The molecule has 0 aliphatic heterocycles. The average molecular weight is 392 g/mol. The van der Waals surface area contributed by atoms with Crippen LogP contribution in [0.4, 0.5) is 0 Å². The van der Waals surface area contributed by atoms with E-state index in [1.165, 1.54) is 6.08 Å². The summed E-state index contributed by atoms with van der Waals surface area (Å²) in [6.45, 7) is 2.01. The van der Waals surface area contributed by atoms with Crippen molar-refractivity contribution in [1.29, 1.82) is 5.26 Å². The molecule has 0 radical (unpaired) electrons. The second-order valence-electron chi connectivity index (χ2n) is 5.55. The molecular formula is C21H14BrNO2. The molecule has 1 heterocycles. The number of nitrogens with zero attached hydrogens (tertiary/aromatic N) is 1. The Bertz CT molecular complexity index is 994. The van der Waals surface area contributed by atoms with Crippen LogP contribution in [0.2, 0.25) is 0 Å². The normalized spacial score (nSPS) is 11.2. The van der Waals surface area contributed by atoms with Gasteiger partial charge in [-0.1, -0.05) is 52.3 Å². The smallest absolute Gasteiger partial charge is 0.203 e. The first kappa shape index (κ1) is 16.9. The van der Waals surface area contributed by atoms with Crippen LogP contribution in [-0.2, 0) is 0 Å². The Morgan fingerprint density at radius 2 is 1.88 bits per heavy atom. The number of aryl methyl sites for hydroxylation is 1. The largest absolute Gasteiger partial charge is 0.457 e. The number of benzene rings is 2. The van der Waals surface area contributed by atoms with Crippen LogP contribution in [0.25, 0.3) is 17.4 Å². The highest BCUT2D eigenvalue weighted by Crippen LogP contribution is 2.31. The molecule has 0 aliphatic rings. The highest BCUT2D eigenvalue weighted by molar-refractivity contribution is 9.10. The fourth-order valence-corrected chi connectivity index (χ4v) is 3.12. The molecule has 0 saturated heterocycles. The number of furan rings is 1. The van der Waals surface area contributed by atoms with Crippen LogP contribution in [0.3, 0.4) is 0 Å².